The second-order valence-corrected chi connectivity index (χ2v) is 7.57. The summed E-state index contributed by atoms with van der Waals surface area (Å²) in [6.45, 7) is 0. The lowest BCUT2D eigenvalue weighted by atomic mass is 10.0. The van der Waals surface area contributed by atoms with Gasteiger partial charge in [0.2, 0.25) is 0 Å². The van der Waals surface area contributed by atoms with Crippen molar-refractivity contribution in [2.45, 2.75) is 0 Å². The van der Waals surface area contributed by atoms with Crippen LogP contribution in [0.3, 0.4) is 0 Å². The van der Waals surface area contributed by atoms with Crippen LogP contribution >= 0.6 is 22.9 Å². The molecule has 0 spiro atoms. The average Bonchev–Trinajstić information content (AvgIpc) is 3.23. The number of thiazole rings is 1. The van der Waals surface area contributed by atoms with Gasteiger partial charge in [0.25, 0.3) is 5.91 Å². The third kappa shape index (κ3) is 4.42. The molecule has 0 saturated carbocycles. The van der Waals surface area contributed by atoms with Crippen molar-refractivity contribution < 1.29 is 9.59 Å². The maximum Gasteiger partial charge on any atom is 0.257 e. The number of anilines is 1. The first-order chi connectivity index (χ1) is 14.1. The largest absolute Gasteiger partial charge is 0.298 e. The summed E-state index contributed by atoms with van der Waals surface area (Å²) in [6.07, 6.45) is 0. The van der Waals surface area contributed by atoms with E-state index in [0.29, 0.717) is 26.8 Å². The second-order valence-electron chi connectivity index (χ2n) is 6.27. The zero-order valence-corrected chi connectivity index (χ0v) is 16.7. The summed E-state index contributed by atoms with van der Waals surface area (Å²) < 4.78 is 0. The van der Waals surface area contributed by atoms with E-state index in [-0.39, 0.29) is 11.7 Å². The van der Waals surface area contributed by atoms with Gasteiger partial charge in [-0.1, -0.05) is 66.2 Å². The van der Waals surface area contributed by atoms with E-state index in [4.69, 9.17) is 11.6 Å². The van der Waals surface area contributed by atoms with Crippen LogP contribution in [0.1, 0.15) is 26.3 Å². The first kappa shape index (κ1) is 19.1. The maximum absolute atomic E-state index is 12.5. The summed E-state index contributed by atoms with van der Waals surface area (Å²) in [6, 6.07) is 23.0. The lowest BCUT2D eigenvalue weighted by Gasteiger charge is -2.04. The highest BCUT2D eigenvalue weighted by atomic mass is 35.5. The summed E-state index contributed by atoms with van der Waals surface area (Å²) in [5.74, 6) is -0.356. The van der Waals surface area contributed by atoms with Gasteiger partial charge in [-0.25, -0.2) is 4.98 Å². The van der Waals surface area contributed by atoms with Crippen LogP contribution < -0.4 is 5.32 Å². The molecule has 1 heterocycles. The number of carbonyl (C=O) groups excluding carboxylic acids is 2. The van der Waals surface area contributed by atoms with E-state index in [1.165, 1.54) is 11.3 Å². The molecule has 29 heavy (non-hydrogen) atoms. The van der Waals surface area contributed by atoms with Crippen LogP contribution in [0.5, 0.6) is 0 Å². The van der Waals surface area contributed by atoms with Gasteiger partial charge in [-0.3, -0.25) is 14.9 Å². The first-order valence-corrected chi connectivity index (χ1v) is 10.1. The Morgan fingerprint density at radius 3 is 2.10 bits per heavy atom. The normalized spacial score (nSPS) is 10.5. The summed E-state index contributed by atoms with van der Waals surface area (Å²) >= 11 is 7.26. The lowest BCUT2D eigenvalue weighted by molar-refractivity contribution is 0.102. The number of ketones is 1. The van der Waals surface area contributed by atoms with Crippen LogP contribution in [0.2, 0.25) is 5.02 Å². The Bertz CT molecular complexity index is 1150. The van der Waals surface area contributed by atoms with E-state index in [0.717, 1.165) is 11.3 Å². The molecule has 0 atom stereocenters. The van der Waals surface area contributed by atoms with Crippen molar-refractivity contribution in [1.29, 1.82) is 0 Å². The molecule has 4 rings (SSSR count). The van der Waals surface area contributed by atoms with Gasteiger partial charge in [-0.2, -0.15) is 0 Å². The standard InChI is InChI=1S/C23H15ClN2O2S/c24-19-12-10-15(11-13-19)20-14-29-23(25-20)26-22(28)18-8-6-17(7-9-18)21(27)16-4-2-1-3-5-16/h1-14H,(H,25,26,28). The Kier molecular flexibility index (Phi) is 5.51. The van der Waals surface area contributed by atoms with Gasteiger partial charge in [0.1, 0.15) is 0 Å². The van der Waals surface area contributed by atoms with E-state index >= 15 is 0 Å². The van der Waals surface area contributed by atoms with Gasteiger partial charge in [-0.15, -0.1) is 11.3 Å². The number of amides is 1. The summed E-state index contributed by atoms with van der Waals surface area (Å²) in [5.41, 5.74) is 3.30. The molecule has 1 aromatic heterocycles. The minimum Gasteiger partial charge on any atom is -0.298 e. The number of hydrogen-bond donors (Lipinski definition) is 1. The highest BCUT2D eigenvalue weighted by molar-refractivity contribution is 7.14. The van der Waals surface area contributed by atoms with Gasteiger partial charge in [-0.05, 0) is 24.3 Å². The van der Waals surface area contributed by atoms with Crippen molar-refractivity contribution in [2.24, 2.45) is 0 Å². The molecular formula is C23H15ClN2O2S. The Morgan fingerprint density at radius 1 is 0.793 bits per heavy atom. The highest BCUT2D eigenvalue weighted by Gasteiger charge is 2.12. The molecule has 0 bridgehead atoms. The topological polar surface area (TPSA) is 59.1 Å². The minimum atomic E-state index is -0.277. The van der Waals surface area contributed by atoms with Crippen LogP contribution in [0.4, 0.5) is 5.13 Å². The number of nitrogens with one attached hydrogen (secondary N) is 1. The smallest absolute Gasteiger partial charge is 0.257 e. The number of carbonyl (C=O) groups is 2. The number of aromatic nitrogens is 1. The molecule has 0 aliphatic rings. The molecule has 0 unspecified atom stereocenters. The van der Waals surface area contributed by atoms with E-state index in [9.17, 15) is 9.59 Å². The first-order valence-electron chi connectivity index (χ1n) is 8.83. The fourth-order valence-corrected chi connectivity index (χ4v) is 3.62. The van der Waals surface area contributed by atoms with Gasteiger partial charge in [0.05, 0.1) is 5.69 Å². The van der Waals surface area contributed by atoms with Crippen molar-refractivity contribution in [3.63, 3.8) is 0 Å². The van der Waals surface area contributed by atoms with Crippen LogP contribution in [0.15, 0.2) is 84.2 Å². The van der Waals surface area contributed by atoms with Gasteiger partial charge in [0, 0.05) is 32.7 Å². The fourth-order valence-electron chi connectivity index (χ4n) is 2.78. The second kappa shape index (κ2) is 8.39. The molecule has 0 aliphatic heterocycles. The van der Waals surface area contributed by atoms with Gasteiger partial charge in [0.15, 0.2) is 10.9 Å². The van der Waals surface area contributed by atoms with Crippen molar-refractivity contribution in [3.8, 4) is 11.3 Å². The van der Waals surface area contributed by atoms with E-state index in [1.807, 2.05) is 35.7 Å². The van der Waals surface area contributed by atoms with E-state index in [2.05, 4.69) is 10.3 Å². The Morgan fingerprint density at radius 2 is 1.41 bits per heavy atom. The molecule has 6 heteroatoms. The van der Waals surface area contributed by atoms with Crippen LogP contribution in [-0.2, 0) is 0 Å². The Labute approximate surface area is 176 Å². The third-order valence-electron chi connectivity index (χ3n) is 4.31. The van der Waals surface area contributed by atoms with Gasteiger partial charge >= 0.3 is 0 Å². The lowest BCUT2D eigenvalue weighted by Crippen LogP contribution is -2.12. The van der Waals surface area contributed by atoms with Crippen molar-refractivity contribution in [3.05, 3.63) is 106 Å². The van der Waals surface area contributed by atoms with E-state index in [1.54, 1.807) is 48.5 Å². The molecule has 1 N–H and O–H groups in total. The van der Waals surface area contributed by atoms with Crippen molar-refractivity contribution in [2.75, 3.05) is 5.32 Å². The van der Waals surface area contributed by atoms with Crippen LogP contribution in [-0.4, -0.2) is 16.7 Å². The predicted molar refractivity (Wildman–Crippen MR) is 117 cm³/mol. The molecule has 0 radical (unpaired) electrons. The molecule has 142 valence electrons. The zero-order chi connectivity index (χ0) is 20.2. The Balaban J connectivity index is 1.45. The fraction of sp³-hybridized carbons (Fsp3) is 0. The molecule has 3 aromatic carbocycles. The number of halogens is 1. The average molecular weight is 419 g/mol. The Hall–Kier alpha value is -3.28. The van der Waals surface area contributed by atoms with Crippen LogP contribution in [0, 0.1) is 0 Å². The maximum atomic E-state index is 12.5. The van der Waals surface area contributed by atoms with Crippen molar-refractivity contribution >= 4 is 39.8 Å². The monoisotopic (exact) mass is 418 g/mol. The van der Waals surface area contributed by atoms with Crippen LogP contribution in [0.25, 0.3) is 11.3 Å². The molecule has 0 saturated heterocycles. The number of benzene rings is 3. The molecule has 0 aliphatic carbocycles. The quantitative estimate of drug-likeness (QED) is 0.407. The molecule has 1 amide bonds. The highest BCUT2D eigenvalue weighted by Crippen LogP contribution is 2.26. The van der Waals surface area contributed by atoms with E-state index < -0.39 is 0 Å². The summed E-state index contributed by atoms with van der Waals surface area (Å²) in [4.78, 5) is 29.4. The predicted octanol–water partition coefficient (Wildman–Crippen LogP) is 5.95. The number of hydrogen-bond acceptors (Lipinski definition) is 4. The number of rotatable bonds is 5. The zero-order valence-electron chi connectivity index (χ0n) is 15.1. The molecule has 4 aromatic rings. The molecular weight excluding hydrogens is 404 g/mol. The third-order valence-corrected chi connectivity index (χ3v) is 5.32. The summed E-state index contributed by atoms with van der Waals surface area (Å²) in [7, 11) is 0. The number of nitrogens with zero attached hydrogens (tertiary/aromatic N) is 1. The summed E-state index contributed by atoms with van der Waals surface area (Å²) in [5, 5.41) is 5.84. The van der Waals surface area contributed by atoms with Crippen molar-refractivity contribution in [1.82, 2.24) is 4.98 Å². The molecule has 0 fully saturated rings. The van der Waals surface area contributed by atoms with Gasteiger partial charge < -0.3 is 0 Å². The SMILES string of the molecule is O=C(Nc1nc(-c2ccc(Cl)cc2)cs1)c1ccc(C(=O)c2ccccc2)cc1. The molecule has 4 nitrogen and oxygen atoms in total. The minimum absolute atomic E-state index is 0.0786.